The van der Waals surface area contributed by atoms with Crippen LogP contribution in [0.25, 0.3) is 10.7 Å². The van der Waals surface area contributed by atoms with Crippen LogP contribution in [0.5, 0.6) is 5.88 Å². The highest BCUT2D eigenvalue weighted by atomic mass is 32.1. The van der Waals surface area contributed by atoms with Crippen molar-refractivity contribution in [2.75, 3.05) is 6.61 Å². The number of hydrogen-bond acceptors (Lipinski definition) is 7. The number of nitrogens with zero attached hydrogens (tertiary/aromatic N) is 5. The van der Waals surface area contributed by atoms with E-state index in [1.807, 2.05) is 6.92 Å². The summed E-state index contributed by atoms with van der Waals surface area (Å²) in [5, 5.41) is 15.4. The van der Waals surface area contributed by atoms with Crippen LogP contribution < -0.4 is 4.74 Å². The molecule has 7 heteroatoms. The standard InChI is InChI=1S/C5H5N5OS/c1-2-11-4-3-5(8-9-6-3)12-10-7-4/h2H2,1H3. The lowest BCUT2D eigenvalue weighted by molar-refractivity contribution is 0.324. The SMILES string of the molecule is CCOc1nnsc2nnnc1-2. The predicted octanol–water partition coefficient (Wildman–Crippen LogP) is 0.227. The topological polar surface area (TPSA) is 73.7 Å². The first-order chi connectivity index (χ1) is 5.92. The first-order valence-corrected chi connectivity index (χ1v) is 4.13. The fourth-order valence-electron chi connectivity index (χ4n) is 0.771. The van der Waals surface area contributed by atoms with Gasteiger partial charge in [0.1, 0.15) is 0 Å². The molecule has 0 spiro atoms. The van der Waals surface area contributed by atoms with E-state index in [1.165, 1.54) is 0 Å². The molecule has 0 aromatic heterocycles. The van der Waals surface area contributed by atoms with Gasteiger partial charge in [-0.15, -0.1) is 10.2 Å². The summed E-state index contributed by atoms with van der Waals surface area (Å²) in [6.45, 7) is 2.40. The fourth-order valence-corrected chi connectivity index (χ4v) is 1.25. The summed E-state index contributed by atoms with van der Waals surface area (Å²) in [4.78, 5) is 0. The third kappa shape index (κ3) is 1.07. The van der Waals surface area contributed by atoms with E-state index in [4.69, 9.17) is 4.74 Å². The first kappa shape index (κ1) is 7.29. The van der Waals surface area contributed by atoms with Gasteiger partial charge in [-0.05, 0) is 12.1 Å². The summed E-state index contributed by atoms with van der Waals surface area (Å²) in [6, 6.07) is 0. The maximum atomic E-state index is 5.17. The molecule has 0 amide bonds. The fraction of sp³-hybridized carbons (Fsp3) is 0.400. The molecular weight excluding hydrogens is 178 g/mol. The van der Waals surface area contributed by atoms with Gasteiger partial charge in [0.05, 0.1) is 6.61 Å². The molecule has 2 rings (SSSR count). The Morgan fingerprint density at radius 2 is 2.25 bits per heavy atom. The molecular formula is C5H5N5OS. The average molecular weight is 183 g/mol. The van der Waals surface area contributed by atoms with E-state index in [1.54, 1.807) is 0 Å². The Labute approximate surface area is 72.1 Å². The number of rotatable bonds is 2. The molecule has 0 atom stereocenters. The highest BCUT2D eigenvalue weighted by molar-refractivity contribution is 7.08. The van der Waals surface area contributed by atoms with Gasteiger partial charge in [-0.2, -0.15) is 0 Å². The molecule has 6 nitrogen and oxygen atoms in total. The predicted molar refractivity (Wildman–Crippen MR) is 41.1 cm³/mol. The van der Waals surface area contributed by atoms with Crippen LogP contribution in [0.2, 0.25) is 0 Å². The lowest BCUT2D eigenvalue weighted by Crippen LogP contribution is -1.97. The molecule has 2 aliphatic rings. The molecule has 0 bridgehead atoms. The Balaban J connectivity index is 2.48. The van der Waals surface area contributed by atoms with E-state index in [0.717, 1.165) is 11.5 Å². The maximum Gasteiger partial charge on any atom is 0.265 e. The summed E-state index contributed by atoms with van der Waals surface area (Å²) in [5.74, 6) is 0.399. The van der Waals surface area contributed by atoms with Gasteiger partial charge in [0.2, 0.25) is 0 Å². The minimum atomic E-state index is 0.399. The van der Waals surface area contributed by atoms with Gasteiger partial charge < -0.3 is 4.74 Å². The van der Waals surface area contributed by atoms with Crippen molar-refractivity contribution in [3.05, 3.63) is 0 Å². The van der Waals surface area contributed by atoms with E-state index < -0.39 is 0 Å². The molecule has 0 N–H and O–H groups in total. The van der Waals surface area contributed by atoms with Crippen LogP contribution in [0.3, 0.4) is 0 Å². The quantitative estimate of drug-likeness (QED) is 0.663. The Bertz CT molecular complexity index is 350. The Hall–Kier alpha value is -1.37. The lowest BCUT2D eigenvalue weighted by atomic mass is 10.5. The summed E-state index contributed by atoms with van der Waals surface area (Å²) < 4.78 is 8.90. The van der Waals surface area contributed by atoms with Gasteiger partial charge in [-0.25, -0.2) is 0 Å². The number of aromatic nitrogens is 5. The molecule has 0 radical (unpaired) electrons. The largest absolute Gasteiger partial charge is 0.475 e. The van der Waals surface area contributed by atoms with E-state index >= 15 is 0 Å². The zero-order chi connectivity index (χ0) is 8.39. The van der Waals surface area contributed by atoms with Crippen LogP contribution in [0, 0.1) is 0 Å². The van der Waals surface area contributed by atoms with Crippen LogP contribution in [0.15, 0.2) is 0 Å². The molecule has 0 fully saturated rings. The molecule has 0 aromatic carbocycles. The highest BCUT2D eigenvalue weighted by Gasteiger charge is 2.16. The average Bonchev–Trinajstić information content (AvgIpc) is 2.53. The van der Waals surface area contributed by atoms with E-state index in [0.29, 0.717) is 23.2 Å². The van der Waals surface area contributed by atoms with Crippen LogP contribution >= 0.6 is 11.5 Å². The smallest absolute Gasteiger partial charge is 0.265 e. The molecule has 0 saturated carbocycles. The van der Waals surface area contributed by atoms with Crippen molar-refractivity contribution in [1.82, 2.24) is 25.0 Å². The van der Waals surface area contributed by atoms with Crippen molar-refractivity contribution in [2.45, 2.75) is 6.92 Å². The van der Waals surface area contributed by atoms with E-state index in [2.05, 4.69) is 25.0 Å². The second-order valence-electron chi connectivity index (χ2n) is 1.95. The number of ether oxygens (including phenoxy) is 1. The third-order valence-electron chi connectivity index (χ3n) is 1.23. The van der Waals surface area contributed by atoms with Crippen molar-refractivity contribution in [3.63, 3.8) is 0 Å². The second kappa shape index (κ2) is 2.94. The molecule has 12 heavy (non-hydrogen) atoms. The van der Waals surface area contributed by atoms with Crippen LogP contribution in [-0.2, 0) is 0 Å². The van der Waals surface area contributed by atoms with Gasteiger partial charge in [-0.3, -0.25) is 0 Å². The molecule has 0 aliphatic carbocycles. The first-order valence-electron chi connectivity index (χ1n) is 3.36. The van der Waals surface area contributed by atoms with E-state index in [9.17, 15) is 0 Å². The van der Waals surface area contributed by atoms with Gasteiger partial charge in [0, 0.05) is 11.5 Å². The van der Waals surface area contributed by atoms with Crippen molar-refractivity contribution >= 4 is 11.5 Å². The van der Waals surface area contributed by atoms with Crippen LogP contribution in [0.4, 0.5) is 0 Å². The highest BCUT2D eigenvalue weighted by Crippen LogP contribution is 2.26. The van der Waals surface area contributed by atoms with Gasteiger partial charge in [0.25, 0.3) is 5.88 Å². The Morgan fingerprint density at radius 1 is 1.33 bits per heavy atom. The number of fused-ring (bicyclic) bond motifs is 1. The summed E-state index contributed by atoms with van der Waals surface area (Å²) in [7, 11) is 0. The minimum absolute atomic E-state index is 0.399. The summed E-state index contributed by atoms with van der Waals surface area (Å²) in [6.07, 6.45) is 0. The van der Waals surface area contributed by atoms with Crippen LogP contribution in [0.1, 0.15) is 6.92 Å². The zero-order valence-corrected chi connectivity index (χ0v) is 7.08. The van der Waals surface area contributed by atoms with Crippen molar-refractivity contribution in [3.8, 4) is 16.6 Å². The molecule has 2 aliphatic heterocycles. The van der Waals surface area contributed by atoms with Crippen LogP contribution in [-0.4, -0.2) is 31.6 Å². The second-order valence-corrected chi connectivity index (χ2v) is 2.69. The molecule has 0 aromatic rings. The maximum absolute atomic E-state index is 5.17. The Kier molecular flexibility index (Phi) is 1.78. The van der Waals surface area contributed by atoms with Gasteiger partial charge in [0.15, 0.2) is 10.7 Å². The normalized spacial score (nSPS) is 10.4. The summed E-state index contributed by atoms with van der Waals surface area (Å²) >= 11 is 1.15. The molecule has 2 heterocycles. The minimum Gasteiger partial charge on any atom is -0.475 e. The number of hydrogen-bond donors (Lipinski definition) is 0. The van der Waals surface area contributed by atoms with Crippen molar-refractivity contribution in [1.29, 1.82) is 0 Å². The monoisotopic (exact) mass is 183 g/mol. The Morgan fingerprint density at radius 3 is 3.08 bits per heavy atom. The van der Waals surface area contributed by atoms with Gasteiger partial charge >= 0.3 is 0 Å². The third-order valence-corrected chi connectivity index (χ3v) is 1.84. The van der Waals surface area contributed by atoms with Crippen molar-refractivity contribution < 1.29 is 4.74 Å². The molecule has 62 valence electrons. The zero-order valence-electron chi connectivity index (χ0n) is 6.26. The van der Waals surface area contributed by atoms with E-state index in [-0.39, 0.29) is 0 Å². The molecule has 0 saturated heterocycles. The molecule has 0 unspecified atom stereocenters. The summed E-state index contributed by atoms with van der Waals surface area (Å²) in [5.41, 5.74) is 0.580. The van der Waals surface area contributed by atoms with Crippen molar-refractivity contribution in [2.24, 2.45) is 0 Å². The van der Waals surface area contributed by atoms with Gasteiger partial charge in [-0.1, -0.05) is 9.59 Å². The lowest BCUT2D eigenvalue weighted by Gasteiger charge is -2.00.